The number of rotatable bonds is 9. The molecule has 0 unspecified atom stereocenters. The SMILES string of the molecule is C=CCN(CCC)Cc1cc(CNC(C)C)sc1C. The van der Waals surface area contributed by atoms with Crippen LogP contribution in [0.5, 0.6) is 0 Å². The van der Waals surface area contributed by atoms with Crippen LogP contribution in [-0.4, -0.2) is 24.0 Å². The molecule has 19 heavy (non-hydrogen) atoms. The van der Waals surface area contributed by atoms with Crippen LogP contribution in [0.4, 0.5) is 0 Å². The van der Waals surface area contributed by atoms with E-state index >= 15 is 0 Å². The number of aryl methyl sites for hydroxylation is 1. The Hall–Kier alpha value is -0.640. The summed E-state index contributed by atoms with van der Waals surface area (Å²) < 4.78 is 0. The first-order chi connectivity index (χ1) is 9.06. The van der Waals surface area contributed by atoms with Crippen molar-refractivity contribution in [2.45, 2.75) is 53.2 Å². The number of nitrogens with one attached hydrogen (secondary N) is 1. The molecular formula is C16H28N2S. The van der Waals surface area contributed by atoms with E-state index in [2.05, 4.69) is 50.6 Å². The molecule has 0 aliphatic heterocycles. The molecular weight excluding hydrogens is 252 g/mol. The molecule has 2 nitrogen and oxygen atoms in total. The van der Waals surface area contributed by atoms with E-state index in [1.165, 1.54) is 21.7 Å². The lowest BCUT2D eigenvalue weighted by Crippen LogP contribution is -2.24. The summed E-state index contributed by atoms with van der Waals surface area (Å²) in [5, 5.41) is 3.49. The van der Waals surface area contributed by atoms with Gasteiger partial charge in [-0.15, -0.1) is 17.9 Å². The average molecular weight is 280 g/mol. The van der Waals surface area contributed by atoms with E-state index < -0.39 is 0 Å². The predicted octanol–water partition coefficient (Wildman–Crippen LogP) is 3.95. The fourth-order valence-electron chi connectivity index (χ4n) is 2.11. The first-order valence-corrected chi connectivity index (χ1v) is 8.03. The van der Waals surface area contributed by atoms with Crippen LogP contribution < -0.4 is 5.32 Å². The van der Waals surface area contributed by atoms with Crippen molar-refractivity contribution >= 4 is 11.3 Å². The summed E-state index contributed by atoms with van der Waals surface area (Å²) in [6, 6.07) is 2.91. The quantitative estimate of drug-likeness (QED) is 0.689. The number of thiophene rings is 1. The zero-order valence-electron chi connectivity index (χ0n) is 12.8. The molecule has 0 aliphatic carbocycles. The molecule has 0 fully saturated rings. The van der Waals surface area contributed by atoms with Gasteiger partial charge < -0.3 is 5.32 Å². The molecule has 0 spiro atoms. The number of hydrogen-bond donors (Lipinski definition) is 1. The van der Waals surface area contributed by atoms with E-state index in [1.807, 2.05) is 17.4 Å². The lowest BCUT2D eigenvalue weighted by Gasteiger charge is -2.19. The summed E-state index contributed by atoms with van der Waals surface area (Å²) in [6.07, 6.45) is 3.19. The molecule has 3 heteroatoms. The number of nitrogens with zero attached hydrogens (tertiary/aromatic N) is 1. The van der Waals surface area contributed by atoms with E-state index in [0.717, 1.165) is 26.2 Å². The molecule has 1 heterocycles. The van der Waals surface area contributed by atoms with Gasteiger partial charge in [-0.2, -0.15) is 0 Å². The van der Waals surface area contributed by atoms with Gasteiger partial charge in [-0.05, 0) is 31.5 Å². The van der Waals surface area contributed by atoms with Gasteiger partial charge in [0, 0.05) is 35.4 Å². The molecule has 108 valence electrons. The maximum Gasteiger partial charge on any atom is 0.0302 e. The summed E-state index contributed by atoms with van der Waals surface area (Å²) >= 11 is 1.92. The second-order valence-corrected chi connectivity index (χ2v) is 6.69. The zero-order chi connectivity index (χ0) is 14.3. The lowest BCUT2D eigenvalue weighted by atomic mass is 10.2. The van der Waals surface area contributed by atoms with Crippen molar-refractivity contribution in [2.24, 2.45) is 0 Å². The van der Waals surface area contributed by atoms with Crippen molar-refractivity contribution < 1.29 is 0 Å². The Morgan fingerprint density at radius 1 is 1.47 bits per heavy atom. The first kappa shape index (κ1) is 16.4. The van der Waals surface area contributed by atoms with Crippen LogP contribution in [0, 0.1) is 6.92 Å². The van der Waals surface area contributed by atoms with E-state index in [0.29, 0.717) is 6.04 Å². The van der Waals surface area contributed by atoms with Gasteiger partial charge in [0.2, 0.25) is 0 Å². The molecule has 0 amide bonds. The molecule has 0 bridgehead atoms. The van der Waals surface area contributed by atoms with Crippen LogP contribution >= 0.6 is 11.3 Å². The highest BCUT2D eigenvalue weighted by atomic mass is 32.1. The Morgan fingerprint density at radius 2 is 2.21 bits per heavy atom. The fraction of sp³-hybridized carbons (Fsp3) is 0.625. The minimum atomic E-state index is 0.545. The normalized spacial score (nSPS) is 11.5. The highest BCUT2D eigenvalue weighted by Gasteiger charge is 2.09. The van der Waals surface area contributed by atoms with Gasteiger partial charge in [-0.25, -0.2) is 0 Å². The summed E-state index contributed by atoms with van der Waals surface area (Å²) in [4.78, 5) is 5.35. The van der Waals surface area contributed by atoms with Crippen molar-refractivity contribution in [2.75, 3.05) is 13.1 Å². The van der Waals surface area contributed by atoms with Gasteiger partial charge in [-0.3, -0.25) is 4.90 Å². The van der Waals surface area contributed by atoms with Gasteiger partial charge in [0.1, 0.15) is 0 Å². The highest BCUT2D eigenvalue weighted by molar-refractivity contribution is 7.12. The Labute approximate surface area is 122 Å². The Kier molecular flexibility index (Phi) is 7.36. The Balaban J connectivity index is 2.63. The van der Waals surface area contributed by atoms with E-state index in [-0.39, 0.29) is 0 Å². The largest absolute Gasteiger partial charge is 0.310 e. The summed E-state index contributed by atoms with van der Waals surface area (Å²) in [5.74, 6) is 0. The van der Waals surface area contributed by atoms with E-state index in [4.69, 9.17) is 0 Å². The highest BCUT2D eigenvalue weighted by Crippen LogP contribution is 2.23. The molecule has 0 radical (unpaired) electrons. The third kappa shape index (κ3) is 5.89. The molecule has 1 N–H and O–H groups in total. The summed E-state index contributed by atoms with van der Waals surface area (Å²) in [5.41, 5.74) is 1.47. The van der Waals surface area contributed by atoms with Crippen molar-refractivity contribution in [3.05, 3.63) is 34.0 Å². The minimum absolute atomic E-state index is 0.545. The van der Waals surface area contributed by atoms with E-state index in [9.17, 15) is 0 Å². The smallest absolute Gasteiger partial charge is 0.0302 e. The van der Waals surface area contributed by atoms with Crippen LogP contribution in [0.15, 0.2) is 18.7 Å². The fourth-order valence-corrected chi connectivity index (χ4v) is 3.12. The maximum atomic E-state index is 3.85. The minimum Gasteiger partial charge on any atom is -0.310 e. The zero-order valence-corrected chi connectivity index (χ0v) is 13.6. The predicted molar refractivity (Wildman–Crippen MR) is 86.8 cm³/mol. The average Bonchev–Trinajstić information content (AvgIpc) is 2.68. The molecule has 0 aromatic carbocycles. The van der Waals surface area contributed by atoms with E-state index in [1.54, 1.807) is 0 Å². The summed E-state index contributed by atoms with van der Waals surface area (Å²) in [6.45, 7) is 16.8. The van der Waals surface area contributed by atoms with Crippen LogP contribution in [-0.2, 0) is 13.1 Å². The van der Waals surface area contributed by atoms with Gasteiger partial charge in [0.05, 0.1) is 0 Å². The van der Waals surface area contributed by atoms with Crippen LogP contribution in [0.1, 0.15) is 42.5 Å². The van der Waals surface area contributed by atoms with Gasteiger partial charge in [0.15, 0.2) is 0 Å². The van der Waals surface area contributed by atoms with Crippen molar-refractivity contribution in [1.29, 1.82) is 0 Å². The second-order valence-electron chi connectivity index (χ2n) is 5.35. The molecule has 1 aromatic rings. The first-order valence-electron chi connectivity index (χ1n) is 7.21. The Morgan fingerprint density at radius 3 is 2.79 bits per heavy atom. The molecule has 0 atom stereocenters. The van der Waals surface area contributed by atoms with Crippen LogP contribution in [0.3, 0.4) is 0 Å². The van der Waals surface area contributed by atoms with Gasteiger partial charge in [-0.1, -0.05) is 26.8 Å². The number of hydrogen-bond acceptors (Lipinski definition) is 3. The third-order valence-corrected chi connectivity index (χ3v) is 4.17. The van der Waals surface area contributed by atoms with Crippen molar-refractivity contribution in [3.63, 3.8) is 0 Å². The Bertz CT molecular complexity index is 382. The van der Waals surface area contributed by atoms with Crippen LogP contribution in [0.25, 0.3) is 0 Å². The molecule has 1 aromatic heterocycles. The molecule has 0 saturated heterocycles. The summed E-state index contributed by atoms with van der Waals surface area (Å²) in [7, 11) is 0. The van der Waals surface area contributed by atoms with Gasteiger partial charge >= 0.3 is 0 Å². The molecule has 1 rings (SSSR count). The van der Waals surface area contributed by atoms with Crippen molar-refractivity contribution in [1.82, 2.24) is 10.2 Å². The second kappa shape index (κ2) is 8.51. The molecule has 0 aliphatic rings. The third-order valence-electron chi connectivity index (χ3n) is 3.08. The van der Waals surface area contributed by atoms with Crippen molar-refractivity contribution in [3.8, 4) is 0 Å². The maximum absolute atomic E-state index is 3.85. The topological polar surface area (TPSA) is 15.3 Å². The van der Waals surface area contributed by atoms with Crippen LogP contribution in [0.2, 0.25) is 0 Å². The van der Waals surface area contributed by atoms with Gasteiger partial charge in [0.25, 0.3) is 0 Å². The standard InChI is InChI=1S/C16H28N2S/c1-6-8-18(9-7-2)12-15-10-16(19-14(15)5)11-17-13(3)4/h6,10,13,17H,1,7-9,11-12H2,2-5H3. The molecule has 0 saturated carbocycles. The lowest BCUT2D eigenvalue weighted by molar-refractivity contribution is 0.295. The monoisotopic (exact) mass is 280 g/mol.